The van der Waals surface area contributed by atoms with Gasteiger partial charge in [0.2, 0.25) is 5.90 Å². The van der Waals surface area contributed by atoms with Crippen LogP contribution in [0.2, 0.25) is 5.02 Å². The first-order valence-corrected chi connectivity index (χ1v) is 15.7. The van der Waals surface area contributed by atoms with Crippen LogP contribution in [0.15, 0.2) is 119 Å². The summed E-state index contributed by atoms with van der Waals surface area (Å²) in [5.41, 5.74) is 2.39. The molecular weight excluding hydrogens is 640 g/mol. The molecule has 6 nitrogen and oxygen atoms in total. The Morgan fingerprint density at radius 2 is 1.73 bits per heavy atom. The summed E-state index contributed by atoms with van der Waals surface area (Å²) in [5.74, 6) is 0.845. The fraction of sp³-hybridized carbons (Fsp3) is 0.222. The Morgan fingerprint density at radius 1 is 1.00 bits per heavy atom. The van der Waals surface area contributed by atoms with Crippen LogP contribution in [0.1, 0.15) is 41.2 Å². The zero-order chi connectivity index (χ0) is 30.8. The molecule has 0 fully saturated rings. The van der Waals surface area contributed by atoms with Gasteiger partial charge in [0.05, 0.1) is 6.61 Å². The molecule has 5 rings (SSSR count). The van der Waals surface area contributed by atoms with E-state index in [0.29, 0.717) is 49.1 Å². The van der Waals surface area contributed by atoms with Crippen molar-refractivity contribution in [3.05, 3.63) is 141 Å². The minimum Gasteiger partial charge on any atom is -0.494 e. The lowest BCUT2D eigenvalue weighted by atomic mass is 9.84. The van der Waals surface area contributed by atoms with Gasteiger partial charge in [0.1, 0.15) is 5.75 Å². The summed E-state index contributed by atoms with van der Waals surface area (Å²) in [4.78, 5) is 19.4. The molecule has 0 radical (unpaired) electrons. The predicted octanol–water partition coefficient (Wildman–Crippen LogP) is 7.58. The maximum atomic E-state index is 14.3. The van der Waals surface area contributed by atoms with Gasteiger partial charge in [-0.3, -0.25) is 4.79 Å². The van der Waals surface area contributed by atoms with Crippen molar-refractivity contribution < 1.29 is 19.4 Å². The van der Waals surface area contributed by atoms with Crippen molar-refractivity contribution in [1.82, 2.24) is 5.32 Å². The molecule has 1 aliphatic rings. The molecule has 0 unspecified atom stereocenters. The number of carbonyl (C=O) groups excluding carboxylic acids is 1. The second-order valence-electron chi connectivity index (χ2n) is 10.5. The van der Waals surface area contributed by atoms with Crippen molar-refractivity contribution in [2.45, 2.75) is 30.9 Å². The number of hydrogen-bond acceptors (Lipinski definition) is 5. The molecule has 4 aromatic rings. The quantitative estimate of drug-likeness (QED) is 0.144. The standard InChI is InChI=1S/C36H34BrClN2O4/c37-32-12-5-4-11-31(32)33-36(22-6-10-26-8-2-1-3-9-26,35(42)39-23-21-27-13-17-29(38)18-14-27)40-34(44-33)28-15-19-30(20-16-28)43-25-7-24-41/h1-6,8-20,33,41H,7,21-25H2,(H,39,42)/b10-6+/t33-,36-/m1/s1. The summed E-state index contributed by atoms with van der Waals surface area (Å²) in [5, 5.41) is 12.9. The van der Waals surface area contributed by atoms with E-state index in [1.807, 2.05) is 115 Å². The van der Waals surface area contributed by atoms with Gasteiger partial charge in [0.15, 0.2) is 11.6 Å². The molecule has 226 valence electrons. The molecule has 0 aliphatic carbocycles. The summed E-state index contributed by atoms with van der Waals surface area (Å²) in [7, 11) is 0. The van der Waals surface area contributed by atoms with Crippen molar-refractivity contribution in [2.24, 2.45) is 4.99 Å². The van der Waals surface area contributed by atoms with Gasteiger partial charge < -0.3 is 19.9 Å². The summed E-state index contributed by atoms with van der Waals surface area (Å²) in [6.07, 6.45) is 4.82. The van der Waals surface area contributed by atoms with Crippen LogP contribution >= 0.6 is 27.5 Å². The van der Waals surface area contributed by atoms with Gasteiger partial charge in [-0.1, -0.05) is 100 Å². The van der Waals surface area contributed by atoms with Crippen LogP contribution in [0.5, 0.6) is 5.75 Å². The van der Waals surface area contributed by atoms with E-state index in [2.05, 4.69) is 21.2 Å². The molecule has 2 N–H and O–H groups in total. The Kier molecular flexibility index (Phi) is 10.9. The second-order valence-corrected chi connectivity index (χ2v) is 11.8. The number of aliphatic hydroxyl groups is 1. The first-order chi connectivity index (χ1) is 21.5. The number of hydrogen-bond donors (Lipinski definition) is 2. The van der Waals surface area contributed by atoms with E-state index in [-0.39, 0.29) is 12.5 Å². The van der Waals surface area contributed by atoms with Crippen LogP contribution in [-0.4, -0.2) is 42.2 Å². The number of rotatable bonds is 13. The average Bonchev–Trinajstić information content (AvgIpc) is 3.43. The SMILES string of the molecule is O=C(NCCc1ccc(Cl)cc1)[C@]1(C/C=C/c2ccccc2)N=C(c2ccc(OCCCO)cc2)O[C@@H]1c1ccccc1Br. The normalized spacial score (nSPS) is 17.7. The lowest BCUT2D eigenvalue weighted by molar-refractivity contribution is -0.128. The van der Waals surface area contributed by atoms with E-state index in [4.69, 9.17) is 31.2 Å². The Hall–Kier alpha value is -3.91. The molecule has 4 aromatic carbocycles. The van der Waals surface area contributed by atoms with Crippen molar-refractivity contribution in [3.63, 3.8) is 0 Å². The van der Waals surface area contributed by atoms with Crippen molar-refractivity contribution >= 4 is 45.4 Å². The third-order valence-corrected chi connectivity index (χ3v) is 8.34. The predicted molar refractivity (Wildman–Crippen MR) is 179 cm³/mol. The van der Waals surface area contributed by atoms with Crippen LogP contribution < -0.4 is 10.1 Å². The monoisotopic (exact) mass is 672 g/mol. The van der Waals surface area contributed by atoms with E-state index in [1.54, 1.807) is 0 Å². The maximum Gasteiger partial charge on any atom is 0.252 e. The lowest BCUT2D eigenvalue weighted by Gasteiger charge is -2.30. The molecule has 1 amide bonds. The van der Waals surface area contributed by atoms with E-state index < -0.39 is 11.6 Å². The van der Waals surface area contributed by atoms with E-state index >= 15 is 0 Å². The maximum absolute atomic E-state index is 14.3. The van der Waals surface area contributed by atoms with Gasteiger partial charge in [-0.2, -0.15) is 0 Å². The van der Waals surface area contributed by atoms with Gasteiger partial charge in [0, 0.05) is 46.6 Å². The molecule has 44 heavy (non-hydrogen) atoms. The molecule has 0 bridgehead atoms. The summed E-state index contributed by atoms with van der Waals surface area (Å²) in [6.45, 7) is 0.921. The van der Waals surface area contributed by atoms with Gasteiger partial charge in [-0.15, -0.1) is 0 Å². The Labute approximate surface area is 271 Å². The first-order valence-electron chi connectivity index (χ1n) is 14.6. The van der Waals surface area contributed by atoms with E-state index in [1.165, 1.54) is 0 Å². The van der Waals surface area contributed by atoms with Crippen molar-refractivity contribution in [3.8, 4) is 5.75 Å². The highest BCUT2D eigenvalue weighted by atomic mass is 79.9. The average molecular weight is 674 g/mol. The fourth-order valence-electron chi connectivity index (χ4n) is 5.04. The van der Waals surface area contributed by atoms with Gasteiger partial charge >= 0.3 is 0 Å². The Morgan fingerprint density at radius 3 is 2.45 bits per heavy atom. The molecule has 0 aromatic heterocycles. The molecule has 0 saturated heterocycles. The fourth-order valence-corrected chi connectivity index (χ4v) is 5.66. The van der Waals surface area contributed by atoms with Gasteiger partial charge in [-0.05, 0) is 60.0 Å². The molecular formula is C36H34BrClN2O4. The first kappa shape index (κ1) is 31.5. The molecule has 0 spiro atoms. The number of benzene rings is 4. The van der Waals surface area contributed by atoms with Crippen LogP contribution in [0.4, 0.5) is 0 Å². The van der Waals surface area contributed by atoms with Crippen molar-refractivity contribution in [1.29, 1.82) is 0 Å². The minimum atomic E-state index is -1.28. The van der Waals surface area contributed by atoms with Crippen LogP contribution in [0.3, 0.4) is 0 Å². The topological polar surface area (TPSA) is 80.2 Å². The highest BCUT2D eigenvalue weighted by Gasteiger charge is 2.53. The van der Waals surface area contributed by atoms with Crippen LogP contribution in [0.25, 0.3) is 6.08 Å². The number of aliphatic imine (C=N–C) groups is 1. The largest absolute Gasteiger partial charge is 0.494 e. The molecule has 2 atom stereocenters. The number of amides is 1. The molecule has 0 saturated carbocycles. The zero-order valence-electron chi connectivity index (χ0n) is 24.2. The number of nitrogens with zero attached hydrogens (tertiary/aromatic N) is 1. The van der Waals surface area contributed by atoms with Gasteiger partial charge in [-0.25, -0.2) is 4.99 Å². The number of halogens is 2. The number of ether oxygens (including phenoxy) is 2. The zero-order valence-corrected chi connectivity index (χ0v) is 26.5. The smallest absolute Gasteiger partial charge is 0.252 e. The number of nitrogens with one attached hydrogen (secondary N) is 1. The summed E-state index contributed by atoms with van der Waals surface area (Å²) in [6, 6.07) is 32.8. The molecule has 1 heterocycles. The van der Waals surface area contributed by atoms with E-state index in [0.717, 1.165) is 26.7 Å². The third-order valence-electron chi connectivity index (χ3n) is 7.37. The number of aliphatic hydroxyl groups excluding tert-OH is 1. The second kappa shape index (κ2) is 15.2. The minimum absolute atomic E-state index is 0.0712. The highest BCUT2D eigenvalue weighted by molar-refractivity contribution is 9.10. The molecule has 8 heteroatoms. The molecule has 1 aliphatic heterocycles. The van der Waals surface area contributed by atoms with E-state index in [9.17, 15) is 4.79 Å². The Balaban J connectivity index is 1.49. The summed E-state index contributed by atoms with van der Waals surface area (Å²) < 4.78 is 13.1. The third kappa shape index (κ3) is 7.78. The number of carbonyl (C=O) groups is 1. The highest BCUT2D eigenvalue weighted by Crippen LogP contribution is 2.45. The van der Waals surface area contributed by atoms with Crippen LogP contribution in [-0.2, 0) is 16.0 Å². The van der Waals surface area contributed by atoms with Crippen molar-refractivity contribution in [2.75, 3.05) is 19.8 Å². The van der Waals surface area contributed by atoms with Crippen LogP contribution in [0, 0.1) is 0 Å². The Bertz CT molecular complexity index is 1590. The summed E-state index contributed by atoms with van der Waals surface area (Å²) >= 11 is 9.75. The lowest BCUT2D eigenvalue weighted by Crippen LogP contribution is -2.48. The van der Waals surface area contributed by atoms with Gasteiger partial charge in [0.25, 0.3) is 5.91 Å².